The third-order valence-corrected chi connectivity index (χ3v) is 5.13. The van der Waals surface area contributed by atoms with Crippen LogP contribution in [0.5, 0.6) is 17.2 Å². The molecule has 0 bridgehead atoms. The van der Waals surface area contributed by atoms with Gasteiger partial charge in [0.2, 0.25) is 11.7 Å². The highest BCUT2D eigenvalue weighted by Gasteiger charge is 2.29. The summed E-state index contributed by atoms with van der Waals surface area (Å²) in [6.07, 6.45) is 1.28. The van der Waals surface area contributed by atoms with E-state index in [2.05, 4.69) is 5.32 Å². The Hall–Kier alpha value is -3.22. The zero-order chi connectivity index (χ0) is 21.1. The molecule has 1 unspecified atom stereocenters. The van der Waals surface area contributed by atoms with E-state index in [1.54, 1.807) is 33.5 Å². The summed E-state index contributed by atoms with van der Waals surface area (Å²) in [4.78, 5) is 23.9. The molecule has 1 amide bonds. The van der Waals surface area contributed by atoms with Gasteiger partial charge in [0, 0.05) is 12.5 Å². The molecule has 2 aromatic carbocycles. The van der Waals surface area contributed by atoms with E-state index in [4.69, 9.17) is 18.9 Å². The fourth-order valence-corrected chi connectivity index (χ4v) is 3.88. The smallest absolute Gasteiger partial charge is 0.337 e. The number of amides is 1. The Kier molecular flexibility index (Phi) is 5.96. The first-order valence-electron chi connectivity index (χ1n) is 9.26. The first kappa shape index (κ1) is 20.5. The van der Waals surface area contributed by atoms with E-state index in [0.717, 1.165) is 22.3 Å². The Bertz CT molecular complexity index is 953. The molecule has 0 radical (unpaired) electrons. The Morgan fingerprint density at radius 3 is 2.28 bits per heavy atom. The molecule has 1 atom stereocenters. The van der Waals surface area contributed by atoms with Crippen molar-refractivity contribution in [3.8, 4) is 28.4 Å². The maximum atomic E-state index is 12.1. The van der Waals surface area contributed by atoms with E-state index in [1.165, 1.54) is 14.0 Å². The summed E-state index contributed by atoms with van der Waals surface area (Å²) in [5, 5.41) is 3.00. The van der Waals surface area contributed by atoms with Crippen LogP contribution in [0.25, 0.3) is 11.1 Å². The summed E-state index contributed by atoms with van der Waals surface area (Å²) in [6.45, 7) is 1.48. The van der Waals surface area contributed by atoms with Crippen LogP contribution in [-0.4, -0.2) is 40.3 Å². The van der Waals surface area contributed by atoms with E-state index in [0.29, 0.717) is 35.7 Å². The zero-order valence-electron chi connectivity index (χ0n) is 17.3. The molecule has 7 heteroatoms. The summed E-state index contributed by atoms with van der Waals surface area (Å²) < 4.78 is 21.6. The predicted molar refractivity (Wildman–Crippen MR) is 108 cm³/mol. The third-order valence-electron chi connectivity index (χ3n) is 5.13. The summed E-state index contributed by atoms with van der Waals surface area (Å²) in [5.74, 6) is 1.11. The molecule has 3 rings (SSSR count). The second-order valence-electron chi connectivity index (χ2n) is 6.76. The van der Waals surface area contributed by atoms with E-state index in [9.17, 15) is 9.59 Å². The highest BCUT2D eigenvalue weighted by atomic mass is 16.5. The standard InChI is InChI=1S/C22H25NO6/c1-12(24)23-18-9-8-15-16(11-19(26-2)21(28-4)20(15)27-3)14-7-6-13(10-17(14)18)22(25)29-5/h6-7,10-11,18H,8-9H2,1-5H3,(H,23,24). The fraction of sp³-hybridized carbons (Fsp3) is 0.364. The SMILES string of the molecule is COC(=O)c1ccc2c(c1)C(NC(C)=O)CCc1c-2cc(OC)c(OC)c1OC. The van der Waals surface area contributed by atoms with Gasteiger partial charge in [0.15, 0.2) is 11.5 Å². The summed E-state index contributed by atoms with van der Waals surface area (Å²) in [7, 11) is 6.08. The summed E-state index contributed by atoms with van der Waals surface area (Å²) in [6, 6.07) is 7.00. The van der Waals surface area contributed by atoms with E-state index >= 15 is 0 Å². The Balaban J connectivity index is 2.29. The lowest BCUT2D eigenvalue weighted by atomic mass is 9.92. The lowest BCUT2D eigenvalue weighted by Crippen LogP contribution is -2.26. The van der Waals surface area contributed by atoms with Gasteiger partial charge in [-0.1, -0.05) is 6.07 Å². The molecule has 0 fully saturated rings. The first-order valence-corrected chi connectivity index (χ1v) is 9.26. The van der Waals surface area contributed by atoms with Gasteiger partial charge in [-0.2, -0.15) is 0 Å². The molecule has 154 valence electrons. The van der Waals surface area contributed by atoms with Gasteiger partial charge in [-0.05, 0) is 47.7 Å². The molecule has 0 spiro atoms. The summed E-state index contributed by atoms with van der Waals surface area (Å²) >= 11 is 0. The molecule has 0 heterocycles. The fourth-order valence-electron chi connectivity index (χ4n) is 3.88. The van der Waals surface area contributed by atoms with Crippen molar-refractivity contribution in [2.75, 3.05) is 28.4 Å². The minimum Gasteiger partial charge on any atom is -0.493 e. The molecule has 2 aromatic rings. The van der Waals surface area contributed by atoms with Crippen molar-refractivity contribution in [2.24, 2.45) is 0 Å². The number of carbonyl (C=O) groups is 2. The van der Waals surface area contributed by atoms with Gasteiger partial charge in [0.1, 0.15) is 0 Å². The number of carbonyl (C=O) groups excluding carboxylic acids is 2. The number of fused-ring (bicyclic) bond motifs is 3. The maximum absolute atomic E-state index is 12.1. The monoisotopic (exact) mass is 399 g/mol. The first-order chi connectivity index (χ1) is 13.9. The van der Waals surface area contributed by atoms with Crippen LogP contribution >= 0.6 is 0 Å². The number of benzene rings is 2. The minimum absolute atomic E-state index is 0.141. The molecule has 1 N–H and O–H groups in total. The number of hydrogen-bond acceptors (Lipinski definition) is 6. The molecular formula is C22H25NO6. The Morgan fingerprint density at radius 1 is 0.966 bits per heavy atom. The van der Waals surface area contributed by atoms with E-state index in [-0.39, 0.29) is 11.9 Å². The molecule has 1 aliphatic rings. The van der Waals surface area contributed by atoms with Gasteiger partial charge in [0.05, 0.1) is 40.0 Å². The number of esters is 1. The Morgan fingerprint density at radius 2 is 1.69 bits per heavy atom. The average molecular weight is 399 g/mol. The van der Waals surface area contributed by atoms with Crippen molar-refractivity contribution in [1.29, 1.82) is 0 Å². The van der Waals surface area contributed by atoms with Crippen LogP contribution in [0.4, 0.5) is 0 Å². The van der Waals surface area contributed by atoms with E-state index < -0.39 is 5.97 Å². The third kappa shape index (κ3) is 3.72. The topological polar surface area (TPSA) is 83.1 Å². The van der Waals surface area contributed by atoms with Crippen molar-refractivity contribution >= 4 is 11.9 Å². The molecule has 0 aromatic heterocycles. The van der Waals surface area contributed by atoms with Crippen molar-refractivity contribution in [3.63, 3.8) is 0 Å². The molecule has 1 aliphatic carbocycles. The van der Waals surface area contributed by atoms with Crippen LogP contribution in [-0.2, 0) is 16.0 Å². The molecule has 29 heavy (non-hydrogen) atoms. The van der Waals surface area contributed by atoms with Crippen molar-refractivity contribution in [1.82, 2.24) is 5.32 Å². The van der Waals surface area contributed by atoms with Gasteiger partial charge in [0.25, 0.3) is 0 Å². The second-order valence-corrected chi connectivity index (χ2v) is 6.76. The molecular weight excluding hydrogens is 374 g/mol. The van der Waals surface area contributed by atoms with Crippen LogP contribution in [0.3, 0.4) is 0 Å². The lowest BCUT2D eigenvalue weighted by molar-refractivity contribution is -0.119. The number of hydrogen-bond donors (Lipinski definition) is 1. The molecule has 0 saturated heterocycles. The Labute approximate surface area is 169 Å². The van der Waals surface area contributed by atoms with Gasteiger partial charge in [-0.3, -0.25) is 4.79 Å². The van der Waals surface area contributed by atoms with Gasteiger partial charge in [-0.25, -0.2) is 4.79 Å². The molecule has 7 nitrogen and oxygen atoms in total. The van der Waals surface area contributed by atoms with Gasteiger partial charge >= 0.3 is 5.97 Å². The quantitative estimate of drug-likeness (QED) is 0.777. The average Bonchev–Trinajstić information content (AvgIpc) is 2.88. The van der Waals surface area contributed by atoms with Crippen LogP contribution in [0, 0.1) is 0 Å². The van der Waals surface area contributed by atoms with Crippen LogP contribution in [0.1, 0.15) is 40.9 Å². The van der Waals surface area contributed by atoms with Gasteiger partial charge < -0.3 is 24.3 Å². The van der Waals surface area contributed by atoms with Crippen molar-refractivity contribution < 1.29 is 28.5 Å². The second kappa shape index (κ2) is 8.43. The highest BCUT2D eigenvalue weighted by molar-refractivity contribution is 5.91. The lowest BCUT2D eigenvalue weighted by Gasteiger charge is -2.20. The maximum Gasteiger partial charge on any atom is 0.337 e. The zero-order valence-corrected chi connectivity index (χ0v) is 17.3. The van der Waals surface area contributed by atoms with Crippen molar-refractivity contribution in [3.05, 3.63) is 41.0 Å². The number of ether oxygens (including phenoxy) is 4. The number of rotatable bonds is 5. The predicted octanol–water partition coefficient (Wildman–Crippen LogP) is 3.29. The largest absolute Gasteiger partial charge is 0.493 e. The molecule has 0 saturated carbocycles. The van der Waals surface area contributed by atoms with Crippen molar-refractivity contribution in [2.45, 2.75) is 25.8 Å². The van der Waals surface area contributed by atoms with Crippen LogP contribution in [0.15, 0.2) is 24.3 Å². The minimum atomic E-state index is -0.427. The van der Waals surface area contributed by atoms with Gasteiger partial charge in [-0.15, -0.1) is 0 Å². The molecule has 0 aliphatic heterocycles. The number of methoxy groups -OCH3 is 4. The van der Waals surface area contributed by atoms with Crippen LogP contribution < -0.4 is 19.5 Å². The summed E-state index contributed by atoms with van der Waals surface area (Å²) in [5.41, 5.74) is 4.04. The normalized spacial score (nSPS) is 14.7. The van der Waals surface area contributed by atoms with Crippen LogP contribution in [0.2, 0.25) is 0 Å². The van der Waals surface area contributed by atoms with E-state index in [1.807, 2.05) is 12.1 Å². The number of nitrogens with one attached hydrogen (secondary N) is 1. The highest BCUT2D eigenvalue weighted by Crippen LogP contribution is 2.49.